The van der Waals surface area contributed by atoms with Crippen molar-refractivity contribution in [3.05, 3.63) is 54.0 Å². The van der Waals surface area contributed by atoms with E-state index in [2.05, 4.69) is 10.3 Å². The van der Waals surface area contributed by atoms with Crippen molar-refractivity contribution in [2.75, 3.05) is 14.2 Å². The van der Waals surface area contributed by atoms with E-state index in [-0.39, 0.29) is 24.4 Å². The van der Waals surface area contributed by atoms with Gasteiger partial charge in [0.25, 0.3) is 5.91 Å². The van der Waals surface area contributed by atoms with Crippen LogP contribution in [0.15, 0.2) is 42.6 Å². The number of hydrogen-bond acceptors (Lipinski definition) is 5. The molecule has 1 N–H and O–H groups in total. The molecule has 1 saturated carbocycles. The van der Waals surface area contributed by atoms with Gasteiger partial charge in [0, 0.05) is 17.6 Å². The predicted molar refractivity (Wildman–Crippen MR) is 133 cm³/mol. The summed E-state index contributed by atoms with van der Waals surface area (Å²) in [6, 6.07) is 11.2. The lowest BCUT2D eigenvalue weighted by molar-refractivity contribution is -0.134. The molecular weight excluding hydrogens is 444 g/mol. The van der Waals surface area contributed by atoms with Crippen LogP contribution in [0.2, 0.25) is 0 Å². The Hall–Kier alpha value is -3.55. The number of benzene rings is 1. The van der Waals surface area contributed by atoms with Gasteiger partial charge in [0.1, 0.15) is 22.7 Å². The number of methoxy groups -OCH3 is 2. The monoisotopic (exact) mass is 476 g/mol. The molecule has 5 rings (SSSR count). The summed E-state index contributed by atoms with van der Waals surface area (Å²) in [6.07, 6.45) is 7.07. The molecule has 0 bridgehead atoms. The maximum absolute atomic E-state index is 14.0. The fourth-order valence-electron chi connectivity index (χ4n) is 5.44. The molecule has 0 unspecified atom stereocenters. The highest BCUT2D eigenvalue weighted by Crippen LogP contribution is 2.40. The second-order valence-electron chi connectivity index (χ2n) is 9.64. The van der Waals surface area contributed by atoms with Gasteiger partial charge in [-0.2, -0.15) is 0 Å². The third-order valence-electron chi connectivity index (χ3n) is 7.42. The molecule has 0 saturated heterocycles. The molecule has 8 heteroatoms. The Bertz CT molecular complexity index is 1250. The number of amides is 2. The van der Waals surface area contributed by atoms with Gasteiger partial charge in [-0.15, -0.1) is 0 Å². The number of ether oxygens (including phenoxy) is 2. The van der Waals surface area contributed by atoms with Crippen LogP contribution in [-0.2, 0) is 17.9 Å². The largest absolute Gasteiger partial charge is 0.496 e. The highest BCUT2D eigenvalue weighted by molar-refractivity contribution is 6.05. The molecule has 0 radical (unpaired) electrons. The number of aromatic nitrogens is 2. The van der Waals surface area contributed by atoms with Crippen molar-refractivity contribution < 1.29 is 19.1 Å². The first-order valence-corrected chi connectivity index (χ1v) is 12.2. The van der Waals surface area contributed by atoms with Crippen LogP contribution in [0.1, 0.15) is 55.2 Å². The van der Waals surface area contributed by atoms with Crippen molar-refractivity contribution >= 4 is 22.7 Å². The molecule has 3 heterocycles. The highest BCUT2D eigenvalue weighted by Gasteiger charge is 2.48. The summed E-state index contributed by atoms with van der Waals surface area (Å²) in [5, 5.41) is 4.05. The summed E-state index contributed by atoms with van der Waals surface area (Å²) in [5.74, 6) is 0.930. The van der Waals surface area contributed by atoms with Crippen molar-refractivity contribution in [3.8, 4) is 11.5 Å². The van der Waals surface area contributed by atoms with Crippen molar-refractivity contribution in [3.63, 3.8) is 0 Å². The predicted octanol–water partition coefficient (Wildman–Crippen LogP) is 3.92. The topological polar surface area (TPSA) is 85.7 Å². The number of fused-ring (bicyclic) bond motifs is 3. The van der Waals surface area contributed by atoms with Crippen LogP contribution in [0, 0.1) is 0 Å². The fourth-order valence-corrected chi connectivity index (χ4v) is 5.44. The van der Waals surface area contributed by atoms with Gasteiger partial charge in [-0.1, -0.05) is 25.3 Å². The van der Waals surface area contributed by atoms with Gasteiger partial charge >= 0.3 is 0 Å². The summed E-state index contributed by atoms with van der Waals surface area (Å²) < 4.78 is 13.1. The average Bonchev–Trinajstić information content (AvgIpc) is 3.26. The number of carbonyl (C=O) groups is 2. The van der Waals surface area contributed by atoms with Crippen molar-refractivity contribution in [2.24, 2.45) is 0 Å². The number of carbonyl (C=O) groups excluding carboxylic acids is 2. The summed E-state index contributed by atoms with van der Waals surface area (Å²) in [4.78, 5) is 34.0. The first-order valence-electron chi connectivity index (χ1n) is 12.2. The van der Waals surface area contributed by atoms with Crippen molar-refractivity contribution in [1.82, 2.24) is 19.8 Å². The number of rotatable bonds is 6. The third kappa shape index (κ3) is 4.00. The van der Waals surface area contributed by atoms with Gasteiger partial charge in [-0.3, -0.25) is 14.6 Å². The van der Waals surface area contributed by atoms with E-state index < -0.39 is 5.54 Å². The zero-order valence-corrected chi connectivity index (χ0v) is 20.5. The summed E-state index contributed by atoms with van der Waals surface area (Å²) >= 11 is 0. The van der Waals surface area contributed by atoms with Gasteiger partial charge in [-0.25, -0.2) is 0 Å². The second-order valence-corrected chi connectivity index (χ2v) is 9.64. The molecule has 1 aromatic carbocycles. The first kappa shape index (κ1) is 23.2. The van der Waals surface area contributed by atoms with Crippen LogP contribution in [0.25, 0.3) is 10.9 Å². The van der Waals surface area contributed by atoms with Crippen LogP contribution in [0.5, 0.6) is 11.5 Å². The quantitative estimate of drug-likeness (QED) is 0.583. The zero-order valence-electron chi connectivity index (χ0n) is 20.5. The average molecular weight is 477 g/mol. The van der Waals surface area contributed by atoms with Crippen LogP contribution >= 0.6 is 0 Å². The summed E-state index contributed by atoms with van der Waals surface area (Å²) in [5.41, 5.74) is 0.877. The molecule has 35 heavy (non-hydrogen) atoms. The smallest absolute Gasteiger partial charge is 0.271 e. The molecule has 2 aromatic heterocycles. The molecule has 184 valence electrons. The normalized spacial score (nSPS) is 20.5. The number of hydrogen-bond donors (Lipinski definition) is 1. The van der Waals surface area contributed by atoms with Gasteiger partial charge < -0.3 is 24.3 Å². The van der Waals surface area contributed by atoms with E-state index in [4.69, 9.17) is 9.47 Å². The summed E-state index contributed by atoms with van der Waals surface area (Å²) in [7, 11) is 3.21. The molecule has 8 nitrogen and oxygen atoms in total. The van der Waals surface area contributed by atoms with Gasteiger partial charge in [-0.05, 0) is 50.1 Å². The van der Waals surface area contributed by atoms with E-state index in [1.807, 2.05) is 47.9 Å². The molecule has 2 aliphatic rings. The van der Waals surface area contributed by atoms with Gasteiger partial charge in [0.05, 0.1) is 38.5 Å². The minimum absolute atomic E-state index is 0.136. The minimum Gasteiger partial charge on any atom is -0.496 e. The Kier molecular flexibility index (Phi) is 6.13. The van der Waals surface area contributed by atoms with Crippen LogP contribution in [0.4, 0.5) is 0 Å². The molecule has 0 spiro atoms. The molecule has 2 amide bonds. The van der Waals surface area contributed by atoms with E-state index in [1.54, 1.807) is 25.3 Å². The number of pyridine rings is 1. The van der Waals surface area contributed by atoms with E-state index >= 15 is 0 Å². The molecular formula is C27H32N4O4. The molecule has 1 fully saturated rings. The van der Waals surface area contributed by atoms with Crippen molar-refractivity contribution in [1.29, 1.82) is 0 Å². The van der Waals surface area contributed by atoms with Crippen LogP contribution in [0.3, 0.4) is 0 Å². The Morgan fingerprint density at radius 3 is 2.54 bits per heavy atom. The van der Waals surface area contributed by atoms with Crippen LogP contribution in [-0.4, -0.2) is 52.1 Å². The molecule has 1 aliphatic heterocycles. The maximum Gasteiger partial charge on any atom is 0.271 e. The minimum atomic E-state index is -1.11. The number of nitrogens with zero attached hydrogens (tertiary/aromatic N) is 3. The van der Waals surface area contributed by atoms with Gasteiger partial charge in [0.2, 0.25) is 5.91 Å². The van der Waals surface area contributed by atoms with E-state index in [1.165, 1.54) is 6.42 Å². The lowest BCUT2D eigenvalue weighted by Gasteiger charge is -2.44. The Labute approximate surface area is 205 Å². The Morgan fingerprint density at radius 1 is 1.11 bits per heavy atom. The number of nitrogens with one attached hydrogen (secondary N) is 1. The Balaban J connectivity index is 1.62. The molecule has 1 aliphatic carbocycles. The SMILES string of the molecule is COc1ccc(OC)c2c1cc1n2C[C@@](C)(C(=O)NC2CCCCC2)N(Cc2ccccn2)C1=O. The van der Waals surface area contributed by atoms with Gasteiger partial charge in [0.15, 0.2) is 0 Å². The maximum atomic E-state index is 14.0. The lowest BCUT2D eigenvalue weighted by Crippen LogP contribution is -2.64. The van der Waals surface area contributed by atoms with E-state index in [0.29, 0.717) is 23.7 Å². The molecule has 3 aromatic rings. The fraction of sp³-hybridized carbons (Fsp3) is 0.444. The summed E-state index contributed by atoms with van der Waals surface area (Å²) in [6.45, 7) is 2.39. The van der Waals surface area contributed by atoms with E-state index in [9.17, 15) is 9.59 Å². The Morgan fingerprint density at radius 2 is 1.86 bits per heavy atom. The highest BCUT2D eigenvalue weighted by atomic mass is 16.5. The third-order valence-corrected chi connectivity index (χ3v) is 7.42. The standard InChI is InChI=1S/C27H32N4O4/c1-27(26(33)29-18-9-5-4-6-10-18)17-30-21(25(32)31(27)16-19-11-7-8-14-28-19)15-20-22(34-2)12-13-23(35-3)24(20)30/h7-8,11-15,18H,4-6,9-10,16-17H2,1-3H3,(H,29,33)/t27-/m0/s1. The first-order chi connectivity index (χ1) is 17.0. The second kappa shape index (κ2) is 9.24. The van der Waals surface area contributed by atoms with E-state index in [0.717, 1.165) is 42.3 Å². The lowest BCUT2D eigenvalue weighted by atomic mass is 9.91. The van der Waals surface area contributed by atoms with Crippen molar-refractivity contribution in [2.45, 2.75) is 63.7 Å². The zero-order chi connectivity index (χ0) is 24.6. The van der Waals surface area contributed by atoms with Crippen LogP contribution < -0.4 is 14.8 Å². The molecule has 1 atom stereocenters.